The van der Waals surface area contributed by atoms with E-state index in [1.807, 2.05) is 0 Å². The van der Waals surface area contributed by atoms with Crippen molar-refractivity contribution in [2.75, 3.05) is 0 Å². The van der Waals surface area contributed by atoms with Crippen LogP contribution in [0.5, 0.6) is 0 Å². The number of hydrogen-bond acceptors (Lipinski definition) is 0. The van der Waals surface area contributed by atoms with Gasteiger partial charge in [-0.25, -0.2) is 0 Å². The normalized spacial score (nSPS) is 22.7. The monoisotopic (exact) mass is 228 g/mol. The molecule has 0 atom stereocenters. The summed E-state index contributed by atoms with van der Waals surface area (Å²) in [5.41, 5.74) is 0. The topological polar surface area (TPSA) is 0 Å². The first-order chi connectivity index (χ1) is 5.33. The lowest BCUT2D eigenvalue weighted by Gasteiger charge is -2.36. The van der Waals surface area contributed by atoms with Crippen molar-refractivity contribution in [3.63, 3.8) is 0 Å². The third-order valence-electron chi connectivity index (χ3n) is 2.98. The van der Waals surface area contributed by atoms with Gasteiger partial charge in [0.2, 0.25) is 0 Å². The van der Waals surface area contributed by atoms with Crippen LogP contribution in [0, 0.1) is 0 Å². The Hall–Kier alpha value is 1.25. The first kappa shape index (κ1) is 10.3. The Morgan fingerprint density at radius 3 is 2.36 bits per heavy atom. The molecule has 0 aromatic heterocycles. The van der Waals surface area contributed by atoms with Crippen LogP contribution in [0.3, 0.4) is 0 Å². The van der Waals surface area contributed by atoms with Gasteiger partial charge >= 0.3 is 18.2 Å². The Morgan fingerprint density at radius 2 is 1.91 bits per heavy atom. The summed E-state index contributed by atoms with van der Waals surface area (Å²) in [7, 11) is 0. The molecule has 62 valence electrons. The van der Waals surface area contributed by atoms with E-state index in [2.05, 4.69) is 19.8 Å². The van der Waals surface area contributed by atoms with Gasteiger partial charge in [-0.3, -0.25) is 0 Å². The van der Waals surface area contributed by atoms with Crippen molar-refractivity contribution in [1.82, 2.24) is 0 Å². The van der Waals surface area contributed by atoms with Crippen molar-refractivity contribution in [3.05, 3.63) is 0 Å². The van der Waals surface area contributed by atoms with E-state index < -0.39 is 0 Å². The van der Waals surface area contributed by atoms with Crippen LogP contribution in [-0.4, -0.2) is 18.2 Å². The molecule has 1 aliphatic rings. The first-order valence-corrected chi connectivity index (χ1v) is 9.49. The fraction of sp³-hybridized carbons (Fsp3) is 1.00. The van der Waals surface area contributed by atoms with Crippen LogP contribution in [0.25, 0.3) is 0 Å². The van der Waals surface area contributed by atoms with Crippen molar-refractivity contribution in [1.29, 1.82) is 0 Å². The molecule has 0 bridgehead atoms. The molecule has 0 unspecified atom stereocenters. The molecule has 1 saturated carbocycles. The van der Waals surface area contributed by atoms with Gasteiger partial charge in [-0.05, 0) is 0 Å². The molecule has 0 heterocycles. The molecule has 0 amide bonds. The Balaban J connectivity index is 2.42. The number of rotatable bonds is 3. The van der Waals surface area contributed by atoms with Gasteiger partial charge in [-0.1, -0.05) is 51.9 Å². The van der Waals surface area contributed by atoms with Gasteiger partial charge < -0.3 is 12.9 Å². The highest BCUT2D eigenvalue weighted by Gasteiger charge is 2.31. The third kappa shape index (κ3) is 2.89. The molecule has 0 aliphatic heterocycles. The van der Waals surface area contributed by atoms with E-state index in [1.165, 1.54) is 44.9 Å². The minimum atomic E-state index is 0.0629. The van der Waals surface area contributed by atoms with E-state index in [0.29, 0.717) is 0 Å². The van der Waals surface area contributed by atoms with Crippen molar-refractivity contribution < 1.29 is 0 Å². The molecule has 1 fully saturated rings. The van der Waals surface area contributed by atoms with Gasteiger partial charge in [0, 0.05) is 0 Å². The largest absolute Gasteiger partial charge is 0.475 e. The second-order valence-electron chi connectivity index (χ2n) is 3.94. The molecular formula is C9H17BrMg. The summed E-state index contributed by atoms with van der Waals surface area (Å²) in [5, 5.41) is 0. The molecule has 2 heteroatoms. The molecule has 0 N–H and O–H groups in total. The van der Waals surface area contributed by atoms with Crippen LogP contribution < -0.4 is 0 Å². The Labute approximate surface area is 86.1 Å². The van der Waals surface area contributed by atoms with Gasteiger partial charge in [0.1, 0.15) is 0 Å². The van der Waals surface area contributed by atoms with Crippen LogP contribution in [0.1, 0.15) is 51.9 Å². The highest BCUT2D eigenvalue weighted by atomic mass is 79.9. The van der Waals surface area contributed by atoms with Crippen molar-refractivity contribution >= 4 is 31.1 Å². The fourth-order valence-corrected chi connectivity index (χ4v) is 6.06. The summed E-state index contributed by atoms with van der Waals surface area (Å²) in [6.45, 7) is 2.33. The average molecular weight is 229 g/mol. The van der Waals surface area contributed by atoms with Gasteiger partial charge in [0.15, 0.2) is 0 Å². The molecule has 0 aromatic rings. The molecular weight excluding hydrogens is 212 g/mol. The Bertz CT molecular complexity index is 103. The van der Waals surface area contributed by atoms with Gasteiger partial charge in [-0.2, -0.15) is 0 Å². The summed E-state index contributed by atoms with van der Waals surface area (Å²) in [6, 6.07) is 0. The minimum absolute atomic E-state index is 0.0629. The van der Waals surface area contributed by atoms with Crippen LogP contribution >= 0.6 is 12.9 Å². The second kappa shape index (κ2) is 5.08. The van der Waals surface area contributed by atoms with E-state index in [0.717, 1.165) is 3.54 Å². The number of halogens is 1. The number of hydrogen-bond donors (Lipinski definition) is 0. The van der Waals surface area contributed by atoms with E-state index in [1.54, 1.807) is 0 Å². The lowest BCUT2D eigenvalue weighted by atomic mass is 9.84. The molecule has 1 aliphatic carbocycles. The lowest BCUT2D eigenvalue weighted by molar-refractivity contribution is 0.356. The minimum Gasteiger partial charge on any atom is -0.306 e. The lowest BCUT2D eigenvalue weighted by Crippen LogP contribution is -2.20. The molecule has 11 heavy (non-hydrogen) atoms. The van der Waals surface area contributed by atoms with Crippen molar-refractivity contribution in [3.8, 4) is 0 Å². The SMILES string of the molecule is CCC[C]1([Mg][Br])CCCCC1. The zero-order valence-corrected chi connectivity index (χ0v) is 10.5. The highest BCUT2D eigenvalue weighted by Crippen LogP contribution is 2.46. The smallest absolute Gasteiger partial charge is 0.306 e. The highest BCUT2D eigenvalue weighted by molar-refractivity contribution is 9.23. The summed E-state index contributed by atoms with van der Waals surface area (Å²) in [6.07, 6.45) is 10.4. The second-order valence-corrected chi connectivity index (χ2v) is 7.39. The van der Waals surface area contributed by atoms with Crippen molar-refractivity contribution in [2.45, 2.75) is 55.4 Å². The van der Waals surface area contributed by atoms with Gasteiger partial charge in [0.05, 0.1) is 0 Å². The van der Waals surface area contributed by atoms with Crippen molar-refractivity contribution in [2.24, 2.45) is 0 Å². The summed E-state index contributed by atoms with van der Waals surface area (Å²) in [5.74, 6) is 0. The molecule has 0 spiro atoms. The molecule has 0 aromatic carbocycles. The summed E-state index contributed by atoms with van der Waals surface area (Å²) >= 11 is 3.87. The molecule has 0 radical (unpaired) electrons. The van der Waals surface area contributed by atoms with Crippen LogP contribution in [0.15, 0.2) is 0 Å². The first-order valence-electron chi connectivity index (χ1n) is 4.89. The van der Waals surface area contributed by atoms with Gasteiger partial charge in [0.25, 0.3) is 0 Å². The van der Waals surface area contributed by atoms with Gasteiger partial charge in [-0.15, -0.1) is 3.54 Å². The molecule has 1 rings (SSSR count). The summed E-state index contributed by atoms with van der Waals surface area (Å²) < 4.78 is 0.826. The predicted molar refractivity (Wildman–Crippen MR) is 55.4 cm³/mol. The van der Waals surface area contributed by atoms with E-state index >= 15 is 0 Å². The maximum absolute atomic E-state index is 3.81. The van der Waals surface area contributed by atoms with Crippen LogP contribution in [0.2, 0.25) is 3.54 Å². The van der Waals surface area contributed by atoms with Crippen LogP contribution in [0.4, 0.5) is 0 Å². The van der Waals surface area contributed by atoms with E-state index in [9.17, 15) is 0 Å². The molecule has 0 nitrogen and oxygen atoms in total. The average Bonchev–Trinajstić information content (AvgIpc) is 2.07. The standard InChI is InChI=1S/C9H17.BrH.Mg/c1-2-6-9-7-4-3-5-8-9;;/h2-8H2,1H3;1H;/q;;+1/p-1. The fourth-order valence-electron chi connectivity index (χ4n) is 2.28. The maximum Gasteiger partial charge on any atom is 0.475 e. The van der Waals surface area contributed by atoms with E-state index in [-0.39, 0.29) is 18.2 Å². The Morgan fingerprint density at radius 1 is 1.27 bits per heavy atom. The summed E-state index contributed by atoms with van der Waals surface area (Å²) in [4.78, 5) is 0. The quantitative estimate of drug-likeness (QED) is 0.643. The predicted octanol–water partition coefficient (Wildman–Crippen LogP) is 3.92. The van der Waals surface area contributed by atoms with Crippen LogP contribution in [-0.2, 0) is 0 Å². The Kier molecular flexibility index (Phi) is 4.77. The third-order valence-corrected chi connectivity index (χ3v) is 8.17. The molecule has 0 saturated heterocycles. The zero-order chi connectivity index (χ0) is 8.16. The maximum atomic E-state index is 3.81. The van der Waals surface area contributed by atoms with E-state index in [4.69, 9.17) is 0 Å². The zero-order valence-electron chi connectivity index (χ0n) is 7.53.